The summed E-state index contributed by atoms with van der Waals surface area (Å²) < 4.78 is 0. The Labute approximate surface area is 108 Å². The van der Waals surface area contributed by atoms with Crippen molar-refractivity contribution in [1.29, 1.82) is 0 Å². The molecular weight excluding hydrogens is 254 g/mol. The lowest BCUT2D eigenvalue weighted by molar-refractivity contribution is 0.0695. The quantitative estimate of drug-likeness (QED) is 0.875. The van der Waals surface area contributed by atoms with Crippen molar-refractivity contribution in [2.45, 2.75) is 6.92 Å². The zero-order chi connectivity index (χ0) is 13.3. The molecule has 2 N–H and O–H groups in total. The van der Waals surface area contributed by atoms with Crippen molar-refractivity contribution in [2.24, 2.45) is 0 Å². The van der Waals surface area contributed by atoms with Gasteiger partial charge in [-0.1, -0.05) is 23.7 Å². The zero-order valence-corrected chi connectivity index (χ0v) is 10.3. The van der Waals surface area contributed by atoms with Crippen LogP contribution in [0.5, 0.6) is 0 Å². The highest BCUT2D eigenvalue weighted by atomic mass is 35.5. The molecule has 0 unspecified atom stereocenters. The number of halogens is 1. The first-order chi connectivity index (χ1) is 8.49. The van der Waals surface area contributed by atoms with E-state index in [2.05, 4.69) is 4.98 Å². The minimum absolute atomic E-state index is 0.302. The van der Waals surface area contributed by atoms with Crippen molar-refractivity contribution in [3.8, 4) is 11.1 Å². The van der Waals surface area contributed by atoms with Crippen LogP contribution in [0.2, 0.25) is 5.02 Å². The van der Waals surface area contributed by atoms with Crippen LogP contribution in [0.1, 0.15) is 15.9 Å². The van der Waals surface area contributed by atoms with Gasteiger partial charge in [0.2, 0.25) is 0 Å². The predicted octanol–water partition coefficient (Wildman–Crippen LogP) is 2.70. The number of aromatic amines is 1. The molecule has 0 saturated carbocycles. The molecule has 92 valence electrons. The Morgan fingerprint density at radius 1 is 1.33 bits per heavy atom. The smallest absolute Gasteiger partial charge is 0.341 e. The SMILES string of the molecule is Cc1ccc(-c2c[nH]c(=O)c(C(=O)O)c2)c(Cl)c1. The molecule has 4 nitrogen and oxygen atoms in total. The maximum absolute atomic E-state index is 11.3. The van der Waals surface area contributed by atoms with Gasteiger partial charge in [-0.15, -0.1) is 0 Å². The molecule has 0 aliphatic heterocycles. The van der Waals surface area contributed by atoms with E-state index in [4.69, 9.17) is 16.7 Å². The third-order valence-electron chi connectivity index (χ3n) is 2.57. The number of hydrogen-bond acceptors (Lipinski definition) is 2. The Balaban J connectivity index is 2.61. The van der Waals surface area contributed by atoms with Gasteiger partial charge in [0, 0.05) is 22.3 Å². The van der Waals surface area contributed by atoms with Gasteiger partial charge in [-0.3, -0.25) is 4.79 Å². The van der Waals surface area contributed by atoms with E-state index in [-0.39, 0.29) is 5.56 Å². The Morgan fingerprint density at radius 2 is 2.06 bits per heavy atom. The van der Waals surface area contributed by atoms with Crippen LogP contribution >= 0.6 is 11.6 Å². The molecule has 2 aromatic rings. The number of H-pyrrole nitrogens is 1. The van der Waals surface area contributed by atoms with E-state index in [1.165, 1.54) is 12.3 Å². The van der Waals surface area contributed by atoms with E-state index in [1.54, 1.807) is 12.1 Å². The van der Waals surface area contributed by atoms with Crippen LogP contribution in [0.3, 0.4) is 0 Å². The van der Waals surface area contributed by atoms with E-state index >= 15 is 0 Å². The number of carbonyl (C=O) groups is 1. The summed E-state index contributed by atoms with van der Waals surface area (Å²) in [5.41, 5.74) is 1.32. The molecule has 0 bridgehead atoms. The number of pyridine rings is 1. The molecule has 0 atom stereocenters. The topological polar surface area (TPSA) is 70.2 Å². The van der Waals surface area contributed by atoms with Gasteiger partial charge in [0.25, 0.3) is 5.56 Å². The van der Waals surface area contributed by atoms with Gasteiger partial charge in [-0.25, -0.2) is 4.79 Å². The highest BCUT2D eigenvalue weighted by Crippen LogP contribution is 2.28. The van der Waals surface area contributed by atoms with Gasteiger partial charge in [-0.05, 0) is 24.6 Å². The summed E-state index contributed by atoms with van der Waals surface area (Å²) in [6.45, 7) is 1.91. The molecule has 0 fully saturated rings. The molecule has 5 heteroatoms. The summed E-state index contributed by atoms with van der Waals surface area (Å²) in [4.78, 5) is 24.6. The molecule has 2 rings (SSSR count). The molecule has 0 spiro atoms. The highest BCUT2D eigenvalue weighted by Gasteiger charge is 2.11. The fraction of sp³-hybridized carbons (Fsp3) is 0.0769. The molecular formula is C13H10ClNO3. The third kappa shape index (κ3) is 2.28. The van der Waals surface area contributed by atoms with Crippen LogP contribution in [0.25, 0.3) is 11.1 Å². The number of nitrogens with one attached hydrogen (secondary N) is 1. The summed E-state index contributed by atoms with van der Waals surface area (Å²) in [5, 5.41) is 9.41. The summed E-state index contributed by atoms with van der Waals surface area (Å²) in [5.74, 6) is -1.26. The number of aromatic carboxylic acids is 1. The zero-order valence-electron chi connectivity index (χ0n) is 9.53. The van der Waals surface area contributed by atoms with Crippen LogP contribution in [-0.2, 0) is 0 Å². The maximum atomic E-state index is 11.3. The van der Waals surface area contributed by atoms with Gasteiger partial charge in [-0.2, -0.15) is 0 Å². The van der Waals surface area contributed by atoms with E-state index < -0.39 is 11.5 Å². The van der Waals surface area contributed by atoms with Crippen LogP contribution in [-0.4, -0.2) is 16.1 Å². The van der Waals surface area contributed by atoms with Gasteiger partial charge in [0.15, 0.2) is 0 Å². The number of hydrogen-bond donors (Lipinski definition) is 2. The van der Waals surface area contributed by atoms with Crippen LogP contribution in [0.4, 0.5) is 0 Å². The number of rotatable bonds is 2. The summed E-state index contributed by atoms with van der Waals surface area (Å²) in [6, 6.07) is 6.75. The summed E-state index contributed by atoms with van der Waals surface area (Å²) in [6.07, 6.45) is 1.45. The molecule has 0 aliphatic rings. The van der Waals surface area contributed by atoms with Crippen molar-refractivity contribution in [2.75, 3.05) is 0 Å². The fourth-order valence-electron chi connectivity index (χ4n) is 1.65. The molecule has 1 aromatic carbocycles. The summed E-state index contributed by atoms with van der Waals surface area (Å²) in [7, 11) is 0. The van der Waals surface area contributed by atoms with E-state index in [0.29, 0.717) is 16.1 Å². The minimum Gasteiger partial charge on any atom is -0.477 e. The lowest BCUT2D eigenvalue weighted by Gasteiger charge is -2.06. The highest BCUT2D eigenvalue weighted by molar-refractivity contribution is 6.33. The van der Waals surface area contributed by atoms with Gasteiger partial charge >= 0.3 is 5.97 Å². The lowest BCUT2D eigenvalue weighted by atomic mass is 10.0. The fourth-order valence-corrected chi connectivity index (χ4v) is 2.00. The normalized spacial score (nSPS) is 10.3. The van der Waals surface area contributed by atoms with E-state index in [0.717, 1.165) is 5.56 Å². The molecule has 1 aromatic heterocycles. The van der Waals surface area contributed by atoms with Crippen molar-refractivity contribution < 1.29 is 9.90 Å². The Bertz CT molecular complexity index is 676. The van der Waals surface area contributed by atoms with E-state index in [9.17, 15) is 9.59 Å². The van der Waals surface area contributed by atoms with Gasteiger partial charge in [0.05, 0.1) is 0 Å². The first kappa shape index (κ1) is 12.4. The second-order valence-corrected chi connectivity index (χ2v) is 4.33. The molecule has 18 heavy (non-hydrogen) atoms. The third-order valence-corrected chi connectivity index (χ3v) is 2.88. The first-order valence-electron chi connectivity index (χ1n) is 5.21. The average molecular weight is 264 g/mol. The number of carboxylic acids is 1. The molecule has 1 heterocycles. The van der Waals surface area contributed by atoms with Crippen molar-refractivity contribution >= 4 is 17.6 Å². The molecule has 0 radical (unpaired) electrons. The summed E-state index contributed by atoms with van der Waals surface area (Å²) >= 11 is 6.10. The van der Waals surface area contributed by atoms with Crippen LogP contribution < -0.4 is 5.56 Å². The second kappa shape index (κ2) is 4.66. The van der Waals surface area contributed by atoms with Crippen molar-refractivity contribution in [3.05, 3.63) is 57.0 Å². The maximum Gasteiger partial charge on any atom is 0.341 e. The average Bonchev–Trinajstić information content (AvgIpc) is 2.30. The largest absolute Gasteiger partial charge is 0.477 e. The predicted molar refractivity (Wildman–Crippen MR) is 69.2 cm³/mol. The number of aryl methyl sites for hydroxylation is 1. The first-order valence-corrected chi connectivity index (χ1v) is 5.59. The Hall–Kier alpha value is -2.07. The molecule has 0 saturated heterocycles. The monoisotopic (exact) mass is 263 g/mol. The molecule has 0 aliphatic carbocycles. The van der Waals surface area contributed by atoms with Crippen LogP contribution in [0, 0.1) is 6.92 Å². The lowest BCUT2D eigenvalue weighted by Crippen LogP contribution is -2.16. The number of carboxylic acid groups (broad SMARTS) is 1. The van der Waals surface area contributed by atoms with Gasteiger partial charge in [0.1, 0.15) is 5.56 Å². The van der Waals surface area contributed by atoms with Crippen LogP contribution in [0.15, 0.2) is 35.3 Å². The Kier molecular flexibility index (Phi) is 3.21. The van der Waals surface area contributed by atoms with Crippen molar-refractivity contribution in [3.63, 3.8) is 0 Å². The molecule has 0 amide bonds. The standard InChI is InChI=1S/C13H10ClNO3/c1-7-2-3-9(11(14)4-7)8-5-10(13(17)18)12(16)15-6-8/h2-6H,1H3,(H,15,16)(H,17,18). The van der Waals surface area contributed by atoms with Gasteiger partial charge < -0.3 is 10.1 Å². The minimum atomic E-state index is -1.26. The number of aromatic nitrogens is 1. The van der Waals surface area contributed by atoms with E-state index in [1.807, 2.05) is 13.0 Å². The Morgan fingerprint density at radius 3 is 2.67 bits per heavy atom. The van der Waals surface area contributed by atoms with Crippen molar-refractivity contribution in [1.82, 2.24) is 4.98 Å². The number of benzene rings is 1. The second-order valence-electron chi connectivity index (χ2n) is 3.92.